The van der Waals surface area contributed by atoms with Crippen LogP contribution in [-0.4, -0.2) is 51.7 Å². The summed E-state index contributed by atoms with van der Waals surface area (Å²) in [6.07, 6.45) is 4.05. The smallest absolute Gasteiger partial charge is 0.223 e. The lowest BCUT2D eigenvalue weighted by atomic mass is 10.1. The molecule has 2 rings (SSSR count). The standard InChI is InChI=1S/C19H29N3O3/c1-16(23)22(14-10-19(24)20-11-15-25-2)18-8-6-17(7-9-18)21-12-4-3-5-13-21/h6-9H,3-5,10-15H2,1-2H3,(H,20,24). The SMILES string of the molecule is COCCNC(=O)CCN(C(C)=O)c1ccc(N2CCCCC2)cc1. The second-order valence-electron chi connectivity index (χ2n) is 6.33. The van der Waals surface area contributed by atoms with Crippen LogP contribution in [-0.2, 0) is 14.3 Å². The molecule has 0 bridgehead atoms. The van der Waals surface area contributed by atoms with Crippen molar-refractivity contribution in [1.82, 2.24) is 5.32 Å². The molecule has 2 amide bonds. The van der Waals surface area contributed by atoms with Crippen LogP contribution in [0.4, 0.5) is 11.4 Å². The van der Waals surface area contributed by atoms with E-state index in [2.05, 4.69) is 22.3 Å². The maximum atomic E-state index is 12.0. The molecule has 1 saturated heterocycles. The zero-order valence-electron chi connectivity index (χ0n) is 15.3. The molecule has 138 valence electrons. The first kappa shape index (κ1) is 19.2. The molecule has 0 unspecified atom stereocenters. The van der Waals surface area contributed by atoms with E-state index in [1.54, 1.807) is 12.0 Å². The molecule has 1 heterocycles. The fourth-order valence-electron chi connectivity index (χ4n) is 3.06. The fraction of sp³-hybridized carbons (Fsp3) is 0.579. The van der Waals surface area contributed by atoms with E-state index in [-0.39, 0.29) is 18.2 Å². The summed E-state index contributed by atoms with van der Waals surface area (Å²) in [4.78, 5) is 27.8. The lowest BCUT2D eigenvalue weighted by Gasteiger charge is -2.29. The lowest BCUT2D eigenvalue weighted by molar-refractivity contribution is -0.121. The Bertz CT molecular complexity index is 554. The number of hydrogen-bond donors (Lipinski definition) is 1. The molecule has 6 nitrogen and oxygen atoms in total. The fourth-order valence-corrected chi connectivity index (χ4v) is 3.06. The predicted octanol–water partition coefficient (Wildman–Crippen LogP) is 2.18. The molecule has 25 heavy (non-hydrogen) atoms. The number of anilines is 2. The number of benzene rings is 1. The number of carbonyl (C=O) groups is 2. The summed E-state index contributed by atoms with van der Waals surface area (Å²) < 4.78 is 4.90. The van der Waals surface area contributed by atoms with Gasteiger partial charge in [-0.15, -0.1) is 0 Å². The van der Waals surface area contributed by atoms with Crippen molar-refractivity contribution in [3.63, 3.8) is 0 Å². The Kier molecular flexibility index (Phi) is 7.73. The highest BCUT2D eigenvalue weighted by atomic mass is 16.5. The summed E-state index contributed by atoms with van der Waals surface area (Å²) in [5.41, 5.74) is 2.03. The summed E-state index contributed by atoms with van der Waals surface area (Å²) in [6, 6.07) is 8.06. The van der Waals surface area contributed by atoms with Gasteiger partial charge < -0.3 is 19.9 Å². The van der Waals surface area contributed by atoms with Crippen molar-refractivity contribution in [3.05, 3.63) is 24.3 Å². The van der Waals surface area contributed by atoms with Gasteiger partial charge in [0.25, 0.3) is 0 Å². The average molecular weight is 347 g/mol. The molecule has 0 spiro atoms. The molecular weight excluding hydrogens is 318 g/mol. The normalized spacial score (nSPS) is 14.2. The van der Waals surface area contributed by atoms with Gasteiger partial charge in [-0.25, -0.2) is 0 Å². The monoisotopic (exact) mass is 347 g/mol. The molecule has 0 aliphatic carbocycles. The van der Waals surface area contributed by atoms with Gasteiger partial charge in [-0.2, -0.15) is 0 Å². The van der Waals surface area contributed by atoms with Gasteiger partial charge in [0.1, 0.15) is 0 Å². The van der Waals surface area contributed by atoms with E-state index in [4.69, 9.17) is 4.74 Å². The molecule has 0 atom stereocenters. The molecule has 1 aliphatic heterocycles. The summed E-state index contributed by atoms with van der Waals surface area (Å²) in [5.74, 6) is -0.136. The molecule has 1 aromatic carbocycles. The van der Waals surface area contributed by atoms with Crippen molar-refractivity contribution >= 4 is 23.2 Å². The van der Waals surface area contributed by atoms with Crippen LogP contribution in [0.5, 0.6) is 0 Å². The summed E-state index contributed by atoms with van der Waals surface area (Å²) in [5, 5.41) is 2.77. The van der Waals surface area contributed by atoms with E-state index >= 15 is 0 Å². The highest BCUT2D eigenvalue weighted by Gasteiger charge is 2.15. The highest BCUT2D eigenvalue weighted by Crippen LogP contribution is 2.24. The van der Waals surface area contributed by atoms with Crippen LogP contribution in [0.2, 0.25) is 0 Å². The Hall–Kier alpha value is -2.08. The number of ether oxygens (including phenoxy) is 1. The first-order valence-corrected chi connectivity index (χ1v) is 9.00. The van der Waals surface area contributed by atoms with Crippen LogP contribution in [0.1, 0.15) is 32.6 Å². The van der Waals surface area contributed by atoms with E-state index in [1.165, 1.54) is 31.9 Å². The van der Waals surface area contributed by atoms with Gasteiger partial charge in [-0.05, 0) is 43.5 Å². The van der Waals surface area contributed by atoms with Crippen LogP contribution in [0, 0.1) is 0 Å². The molecule has 1 aliphatic rings. The summed E-state index contributed by atoms with van der Waals surface area (Å²) in [6.45, 7) is 5.06. The number of amides is 2. The largest absolute Gasteiger partial charge is 0.383 e. The Labute approximate surface area is 150 Å². The van der Waals surface area contributed by atoms with Crippen molar-refractivity contribution in [2.24, 2.45) is 0 Å². The minimum absolute atomic E-state index is 0.0598. The van der Waals surface area contributed by atoms with Crippen LogP contribution in [0.25, 0.3) is 0 Å². The van der Waals surface area contributed by atoms with Gasteiger partial charge in [0.2, 0.25) is 11.8 Å². The van der Waals surface area contributed by atoms with Crippen molar-refractivity contribution in [1.29, 1.82) is 0 Å². The number of hydrogen-bond acceptors (Lipinski definition) is 4. The van der Waals surface area contributed by atoms with Gasteiger partial charge >= 0.3 is 0 Å². The van der Waals surface area contributed by atoms with Crippen LogP contribution >= 0.6 is 0 Å². The molecule has 0 aromatic heterocycles. The minimum atomic E-state index is -0.0757. The quantitative estimate of drug-likeness (QED) is 0.732. The number of nitrogens with one attached hydrogen (secondary N) is 1. The van der Waals surface area contributed by atoms with E-state index in [9.17, 15) is 9.59 Å². The minimum Gasteiger partial charge on any atom is -0.383 e. The summed E-state index contributed by atoms with van der Waals surface area (Å²) in [7, 11) is 1.59. The topological polar surface area (TPSA) is 61.9 Å². The summed E-state index contributed by atoms with van der Waals surface area (Å²) >= 11 is 0. The predicted molar refractivity (Wildman–Crippen MR) is 100 cm³/mol. The van der Waals surface area contributed by atoms with Gasteiger partial charge in [0.15, 0.2) is 0 Å². The first-order valence-electron chi connectivity index (χ1n) is 9.00. The second kappa shape index (κ2) is 10.0. The van der Waals surface area contributed by atoms with Crippen LogP contribution in [0.15, 0.2) is 24.3 Å². The van der Waals surface area contributed by atoms with Crippen LogP contribution in [0.3, 0.4) is 0 Å². The van der Waals surface area contributed by atoms with Gasteiger partial charge in [-0.1, -0.05) is 0 Å². The van der Waals surface area contributed by atoms with Crippen molar-refractivity contribution in [2.75, 3.05) is 49.7 Å². The molecular formula is C19H29N3O3. The van der Waals surface area contributed by atoms with Crippen molar-refractivity contribution in [3.8, 4) is 0 Å². The maximum absolute atomic E-state index is 12.0. The molecule has 0 radical (unpaired) electrons. The van der Waals surface area contributed by atoms with E-state index in [1.807, 2.05) is 12.1 Å². The third kappa shape index (κ3) is 6.05. The zero-order valence-corrected chi connectivity index (χ0v) is 15.3. The van der Waals surface area contributed by atoms with E-state index in [0.29, 0.717) is 19.7 Å². The first-order chi connectivity index (χ1) is 12.1. The van der Waals surface area contributed by atoms with Crippen molar-refractivity contribution in [2.45, 2.75) is 32.6 Å². The Morgan fingerprint density at radius 2 is 1.84 bits per heavy atom. The van der Waals surface area contributed by atoms with E-state index in [0.717, 1.165) is 18.8 Å². The number of carbonyl (C=O) groups excluding carboxylic acids is 2. The van der Waals surface area contributed by atoms with Crippen molar-refractivity contribution < 1.29 is 14.3 Å². The maximum Gasteiger partial charge on any atom is 0.223 e. The highest BCUT2D eigenvalue weighted by molar-refractivity contribution is 5.92. The van der Waals surface area contributed by atoms with Gasteiger partial charge in [0, 0.05) is 58.0 Å². The molecule has 1 fully saturated rings. The molecule has 0 saturated carbocycles. The number of nitrogens with zero attached hydrogens (tertiary/aromatic N) is 2. The average Bonchev–Trinajstić information content (AvgIpc) is 2.63. The number of rotatable bonds is 8. The number of methoxy groups -OCH3 is 1. The molecule has 1 N–H and O–H groups in total. The Morgan fingerprint density at radius 1 is 1.16 bits per heavy atom. The third-order valence-corrected chi connectivity index (χ3v) is 4.45. The third-order valence-electron chi connectivity index (χ3n) is 4.45. The Morgan fingerprint density at radius 3 is 2.44 bits per heavy atom. The van der Waals surface area contributed by atoms with E-state index < -0.39 is 0 Å². The van der Waals surface area contributed by atoms with Gasteiger partial charge in [-0.3, -0.25) is 9.59 Å². The Balaban J connectivity index is 1.92. The molecule has 1 aromatic rings. The zero-order chi connectivity index (χ0) is 18.1. The van der Waals surface area contributed by atoms with Crippen LogP contribution < -0.4 is 15.1 Å². The molecule has 6 heteroatoms. The second-order valence-corrected chi connectivity index (χ2v) is 6.33. The van der Waals surface area contributed by atoms with Gasteiger partial charge in [0.05, 0.1) is 6.61 Å². The number of piperidine rings is 1. The lowest BCUT2D eigenvalue weighted by Crippen LogP contribution is -2.35.